The minimum atomic E-state index is -1.61. The Morgan fingerprint density at radius 2 is 1.76 bits per heavy atom. The van der Waals surface area contributed by atoms with Gasteiger partial charge in [-0.05, 0) is 19.9 Å². The molecule has 1 aromatic heterocycles. The van der Waals surface area contributed by atoms with Crippen LogP contribution in [-0.4, -0.2) is 20.4 Å². The largest absolute Gasteiger partial charge is 0.507 e. The third kappa shape index (κ3) is 1.87. The molecule has 0 unspecified atom stereocenters. The van der Waals surface area contributed by atoms with E-state index in [1.807, 2.05) is 0 Å². The second kappa shape index (κ2) is 4.90. The summed E-state index contributed by atoms with van der Waals surface area (Å²) in [4.78, 5) is 13.1. The number of benzene rings is 2. The van der Waals surface area contributed by atoms with E-state index >= 15 is 0 Å². The second-order valence-electron chi connectivity index (χ2n) is 5.95. The molecule has 7 nitrogen and oxygen atoms in total. The number of aryl methyl sites for hydroxylation is 1. The van der Waals surface area contributed by atoms with Gasteiger partial charge in [-0.25, -0.2) is 0 Å². The van der Waals surface area contributed by atoms with Crippen LogP contribution in [0.25, 0.3) is 22.1 Å². The van der Waals surface area contributed by atoms with E-state index in [4.69, 9.17) is 9.15 Å². The number of fused-ring (bicyclic) bond motifs is 4. The Bertz CT molecular complexity index is 1110. The van der Waals surface area contributed by atoms with Crippen LogP contribution in [0.4, 0.5) is 0 Å². The average Bonchev–Trinajstić information content (AvgIpc) is 2.59. The van der Waals surface area contributed by atoms with Crippen LogP contribution in [0.15, 0.2) is 27.4 Å². The molecule has 128 valence electrons. The smallest absolute Gasteiger partial charge is 0.257 e. The third-order valence-corrected chi connectivity index (χ3v) is 4.50. The molecule has 0 radical (unpaired) electrons. The Hall–Kier alpha value is -3.19. The van der Waals surface area contributed by atoms with Gasteiger partial charge >= 0.3 is 0 Å². The molecule has 0 fully saturated rings. The van der Waals surface area contributed by atoms with Gasteiger partial charge in [-0.1, -0.05) is 12.1 Å². The monoisotopic (exact) mass is 342 g/mol. The molecule has 4 rings (SSSR count). The zero-order chi connectivity index (χ0) is 18.0. The number of hydrogen-bond acceptors (Lipinski definition) is 7. The fourth-order valence-electron chi connectivity index (χ4n) is 3.16. The first-order valence-electron chi connectivity index (χ1n) is 7.51. The maximum Gasteiger partial charge on any atom is 0.257 e. The van der Waals surface area contributed by atoms with Crippen LogP contribution >= 0.6 is 0 Å². The third-order valence-electron chi connectivity index (χ3n) is 4.50. The Morgan fingerprint density at radius 3 is 2.48 bits per heavy atom. The van der Waals surface area contributed by atoms with E-state index in [0.29, 0.717) is 0 Å². The molecule has 1 aliphatic rings. The lowest BCUT2D eigenvalue weighted by atomic mass is 9.96. The fraction of sp³-hybridized carbons (Fsp3) is 0.167. The standard InChI is InChI=1S/C18H14O7/c1-6-12(20)7(2)15-11(13(6)21)14(22)10-8-4-3-5-9(19)16(8)25-18(23)17(10)24-15/h3-5,18-21,23H,1-2H3/t18-/m0/s1. The molecule has 7 heteroatoms. The highest BCUT2D eigenvalue weighted by atomic mass is 16.6. The normalized spacial score (nSPS) is 15.6. The Morgan fingerprint density at radius 1 is 1.04 bits per heavy atom. The summed E-state index contributed by atoms with van der Waals surface area (Å²) < 4.78 is 10.9. The van der Waals surface area contributed by atoms with Crippen molar-refractivity contribution in [3.63, 3.8) is 0 Å². The highest BCUT2D eigenvalue weighted by Crippen LogP contribution is 2.47. The zero-order valence-electron chi connectivity index (χ0n) is 13.3. The fourth-order valence-corrected chi connectivity index (χ4v) is 3.16. The predicted octanol–water partition coefficient (Wildman–Crippen LogP) is 2.58. The molecule has 0 bridgehead atoms. The molecule has 2 aromatic carbocycles. The molecular formula is C18H14O7. The van der Waals surface area contributed by atoms with E-state index in [2.05, 4.69) is 0 Å². The molecule has 2 heterocycles. The lowest BCUT2D eigenvalue weighted by Crippen LogP contribution is -2.20. The van der Waals surface area contributed by atoms with Crippen molar-refractivity contribution in [2.24, 2.45) is 0 Å². The van der Waals surface area contributed by atoms with Crippen molar-refractivity contribution in [3.8, 4) is 34.1 Å². The molecule has 0 amide bonds. The highest BCUT2D eigenvalue weighted by molar-refractivity contribution is 5.94. The molecular weight excluding hydrogens is 328 g/mol. The van der Waals surface area contributed by atoms with Crippen LogP contribution in [0.5, 0.6) is 23.0 Å². The predicted molar refractivity (Wildman–Crippen MR) is 88.0 cm³/mol. The summed E-state index contributed by atoms with van der Waals surface area (Å²) in [5.41, 5.74) is 0.0421. The van der Waals surface area contributed by atoms with Gasteiger partial charge in [0, 0.05) is 16.7 Å². The molecule has 0 saturated heterocycles. The van der Waals surface area contributed by atoms with Gasteiger partial charge in [-0.3, -0.25) is 4.79 Å². The van der Waals surface area contributed by atoms with E-state index in [1.165, 1.54) is 26.0 Å². The number of phenolic OH excluding ortho intramolecular Hbond substituents is 3. The van der Waals surface area contributed by atoms with Gasteiger partial charge in [0.15, 0.2) is 17.3 Å². The van der Waals surface area contributed by atoms with Crippen LogP contribution in [0.1, 0.15) is 23.2 Å². The van der Waals surface area contributed by atoms with Gasteiger partial charge in [0.1, 0.15) is 22.5 Å². The number of hydrogen-bond donors (Lipinski definition) is 4. The minimum Gasteiger partial charge on any atom is -0.507 e. The van der Waals surface area contributed by atoms with Crippen LogP contribution in [0.3, 0.4) is 0 Å². The van der Waals surface area contributed by atoms with E-state index in [1.54, 1.807) is 6.07 Å². The molecule has 0 aliphatic carbocycles. The molecule has 1 aliphatic heterocycles. The van der Waals surface area contributed by atoms with Crippen molar-refractivity contribution in [3.05, 3.63) is 45.3 Å². The second-order valence-corrected chi connectivity index (χ2v) is 5.95. The number of aliphatic hydroxyl groups excluding tert-OH is 1. The van der Waals surface area contributed by atoms with Gasteiger partial charge < -0.3 is 29.6 Å². The first kappa shape index (κ1) is 15.3. The van der Waals surface area contributed by atoms with Crippen molar-refractivity contribution in [2.75, 3.05) is 0 Å². The number of para-hydroxylation sites is 1. The molecule has 25 heavy (non-hydrogen) atoms. The first-order valence-corrected chi connectivity index (χ1v) is 7.51. The summed E-state index contributed by atoms with van der Waals surface area (Å²) in [5, 5.41) is 40.5. The zero-order valence-corrected chi connectivity index (χ0v) is 13.3. The maximum absolute atomic E-state index is 13.1. The Kier molecular flexibility index (Phi) is 3.01. The highest BCUT2D eigenvalue weighted by Gasteiger charge is 2.33. The van der Waals surface area contributed by atoms with Crippen molar-refractivity contribution in [1.82, 2.24) is 0 Å². The topological polar surface area (TPSA) is 120 Å². The number of rotatable bonds is 0. The van der Waals surface area contributed by atoms with Crippen LogP contribution < -0.4 is 10.2 Å². The summed E-state index contributed by atoms with van der Waals surface area (Å²) >= 11 is 0. The van der Waals surface area contributed by atoms with Crippen molar-refractivity contribution < 1.29 is 29.6 Å². The molecule has 1 atom stereocenters. The van der Waals surface area contributed by atoms with Crippen molar-refractivity contribution in [1.29, 1.82) is 0 Å². The number of aliphatic hydroxyl groups is 1. The summed E-state index contributed by atoms with van der Waals surface area (Å²) in [7, 11) is 0. The Labute approximate surface area is 141 Å². The van der Waals surface area contributed by atoms with Crippen molar-refractivity contribution >= 4 is 11.0 Å². The summed E-state index contributed by atoms with van der Waals surface area (Å²) in [5.74, 6) is -1.01. The number of ether oxygens (including phenoxy) is 1. The quantitative estimate of drug-likeness (QED) is 0.495. The average molecular weight is 342 g/mol. The van der Waals surface area contributed by atoms with Gasteiger partial charge in [-0.2, -0.15) is 0 Å². The van der Waals surface area contributed by atoms with Gasteiger partial charge in [0.25, 0.3) is 6.29 Å². The minimum absolute atomic E-state index is 0.00283. The van der Waals surface area contributed by atoms with Crippen LogP contribution in [0.2, 0.25) is 0 Å². The van der Waals surface area contributed by atoms with Crippen molar-refractivity contribution in [2.45, 2.75) is 20.1 Å². The lowest BCUT2D eigenvalue weighted by Gasteiger charge is -2.24. The lowest BCUT2D eigenvalue weighted by molar-refractivity contribution is -0.0390. The van der Waals surface area contributed by atoms with Gasteiger partial charge in [-0.15, -0.1) is 0 Å². The summed E-state index contributed by atoms with van der Waals surface area (Å²) in [6.45, 7) is 3.02. The van der Waals surface area contributed by atoms with E-state index < -0.39 is 17.5 Å². The first-order chi connectivity index (χ1) is 11.8. The van der Waals surface area contributed by atoms with Crippen LogP contribution in [-0.2, 0) is 0 Å². The molecule has 0 spiro atoms. The number of phenols is 3. The van der Waals surface area contributed by atoms with Gasteiger partial charge in [0.2, 0.25) is 5.43 Å². The van der Waals surface area contributed by atoms with E-state index in [-0.39, 0.29) is 56.2 Å². The Balaban J connectivity index is 2.24. The van der Waals surface area contributed by atoms with Gasteiger partial charge in [0.05, 0.1) is 5.56 Å². The van der Waals surface area contributed by atoms with Crippen LogP contribution in [0, 0.1) is 13.8 Å². The maximum atomic E-state index is 13.1. The SMILES string of the molecule is Cc1c(O)c(C)c2oc3c(c(=O)c2c1O)-c1cccc(O)c1O[C@@H]3O. The molecule has 3 aromatic rings. The summed E-state index contributed by atoms with van der Waals surface area (Å²) in [6.07, 6.45) is -1.61. The van der Waals surface area contributed by atoms with E-state index in [0.717, 1.165) is 0 Å². The molecule has 0 saturated carbocycles. The van der Waals surface area contributed by atoms with E-state index in [9.17, 15) is 25.2 Å². The molecule has 4 N–H and O–H groups in total. The summed E-state index contributed by atoms with van der Waals surface area (Å²) in [6, 6.07) is 4.43. The number of aromatic hydroxyl groups is 3.